The van der Waals surface area contributed by atoms with Gasteiger partial charge in [-0.2, -0.15) is 0 Å². The van der Waals surface area contributed by atoms with Gasteiger partial charge in [-0.1, -0.05) is 142 Å². The topological polar surface area (TPSA) is 172 Å². The van der Waals surface area contributed by atoms with Crippen molar-refractivity contribution in [3.8, 4) is 0 Å². The van der Waals surface area contributed by atoms with Crippen molar-refractivity contribution in [3.63, 3.8) is 0 Å². The quantitative estimate of drug-likeness (QED) is 0.0240. The molecule has 12 heteroatoms. The van der Waals surface area contributed by atoms with E-state index in [4.69, 9.17) is 24.8 Å². The molecule has 0 spiro atoms. The largest absolute Gasteiger partial charge is 0.480 e. The van der Waals surface area contributed by atoms with Crippen molar-refractivity contribution in [1.82, 2.24) is 0 Å². The molecule has 0 aliphatic rings. The number of nitrogens with two attached hydrogens (primary N) is 1. The maximum atomic E-state index is 12.5. The van der Waals surface area contributed by atoms with Crippen molar-refractivity contribution >= 4 is 25.7 Å². The van der Waals surface area contributed by atoms with Crippen molar-refractivity contribution < 1.29 is 47.5 Å². The highest BCUT2D eigenvalue weighted by Crippen LogP contribution is 2.43. The van der Waals surface area contributed by atoms with Crippen molar-refractivity contribution in [2.75, 3.05) is 19.8 Å². The first kappa shape index (κ1) is 48.2. The lowest BCUT2D eigenvalue weighted by Gasteiger charge is -2.20. The second kappa shape index (κ2) is 34.3. The van der Waals surface area contributed by atoms with Gasteiger partial charge in [0, 0.05) is 12.8 Å². The van der Waals surface area contributed by atoms with E-state index in [9.17, 15) is 23.8 Å². The third-order valence-electron chi connectivity index (χ3n) is 8.51. The summed E-state index contributed by atoms with van der Waals surface area (Å²) >= 11 is 0. The number of rotatable bonds is 37. The average molecular weight is 734 g/mol. The normalized spacial score (nSPS) is 14.0. The number of carboxylic acids is 1. The molecule has 3 atom stereocenters. The van der Waals surface area contributed by atoms with Crippen LogP contribution >= 0.6 is 7.82 Å². The molecule has 0 bridgehead atoms. The Morgan fingerprint density at radius 2 is 1.00 bits per heavy atom. The molecule has 0 fully saturated rings. The number of aliphatic carboxylic acids is 1. The van der Waals surface area contributed by atoms with Gasteiger partial charge in [0.2, 0.25) is 0 Å². The number of carboxylic acid groups (broad SMARTS) is 1. The van der Waals surface area contributed by atoms with E-state index in [-0.39, 0.29) is 19.4 Å². The van der Waals surface area contributed by atoms with Crippen molar-refractivity contribution in [2.24, 2.45) is 5.73 Å². The van der Waals surface area contributed by atoms with E-state index in [0.717, 1.165) is 57.8 Å². The van der Waals surface area contributed by atoms with Crippen LogP contribution in [0.25, 0.3) is 0 Å². The molecule has 0 amide bonds. The fraction of sp³-hybridized carbons (Fsp3) is 0.868. The van der Waals surface area contributed by atoms with Crippen LogP contribution in [0.15, 0.2) is 12.2 Å². The number of carbonyl (C=O) groups is 3. The van der Waals surface area contributed by atoms with Crippen LogP contribution in [0.1, 0.15) is 181 Å². The van der Waals surface area contributed by atoms with Crippen molar-refractivity contribution in [1.29, 1.82) is 0 Å². The maximum absolute atomic E-state index is 12.5. The minimum absolute atomic E-state index is 0.154. The van der Waals surface area contributed by atoms with Gasteiger partial charge >= 0.3 is 25.7 Å². The maximum Gasteiger partial charge on any atom is 0.472 e. The van der Waals surface area contributed by atoms with Crippen molar-refractivity contribution in [3.05, 3.63) is 12.2 Å². The molecule has 3 unspecified atom stereocenters. The Hall–Kier alpha value is -1.78. The van der Waals surface area contributed by atoms with Crippen LogP contribution in [-0.4, -0.2) is 59.9 Å². The molecule has 294 valence electrons. The number of hydrogen-bond donors (Lipinski definition) is 3. The second-order valence-electron chi connectivity index (χ2n) is 13.4. The Bertz CT molecular complexity index is 916. The van der Waals surface area contributed by atoms with Gasteiger partial charge in [0.25, 0.3) is 0 Å². The molecule has 0 aliphatic heterocycles. The minimum Gasteiger partial charge on any atom is -0.480 e. The first-order valence-electron chi connectivity index (χ1n) is 19.7. The summed E-state index contributed by atoms with van der Waals surface area (Å²) in [5, 5.41) is 8.86. The summed E-state index contributed by atoms with van der Waals surface area (Å²) in [6.45, 7) is 2.76. The van der Waals surface area contributed by atoms with Crippen LogP contribution in [0.4, 0.5) is 0 Å². The van der Waals surface area contributed by atoms with Crippen LogP contribution in [0.5, 0.6) is 0 Å². The lowest BCUT2D eigenvalue weighted by Crippen LogP contribution is -2.34. The number of unbranched alkanes of at least 4 members (excludes halogenated alkanes) is 21. The number of phosphoric ester groups is 1. The monoisotopic (exact) mass is 733 g/mol. The molecule has 0 saturated carbocycles. The van der Waals surface area contributed by atoms with E-state index in [2.05, 4.69) is 30.5 Å². The lowest BCUT2D eigenvalue weighted by atomic mass is 10.0. The summed E-state index contributed by atoms with van der Waals surface area (Å²) < 4.78 is 32.6. The molecule has 0 saturated heterocycles. The highest BCUT2D eigenvalue weighted by atomic mass is 31.2. The van der Waals surface area contributed by atoms with E-state index < -0.39 is 51.1 Å². The fourth-order valence-corrected chi connectivity index (χ4v) is 6.13. The third kappa shape index (κ3) is 33.4. The van der Waals surface area contributed by atoms with E-state index in [1.165, 1.54) is 83.5 Å². The number of phosphoric acid groups is 1. The molecule has 4 N–H and O–H groups in total. The molecule has 0 aromatic heterocycles. The first-order chi connectivity index (χ1) is 24.1. The number of carbonyl (C=O) groups excluding carboxylic acids is 2. The van der Waals surface area contributed by atoms with E-state index >= 15 is 0 Å². The zero-order valence-electron chi connectivity index (χ0n) is 31.5. The van der Waals surface area contributed by atoms with E-state index in [0.29, 0.717) is 12.8 Å². The van der Waals surface area contributed by atoms with Gasteiger partial charge in [0.1, 0.15) is 12.6 Å². The second-order valence-corrected chi connectivity index (χ2v) is 14.9. The summed E-state index contributed by atoms with van der Waals surface area (Å²) in [5.74, 6) is -2.38. The van der Waals surface area contributed by atoms with Crippen molar-refractivity contribution in [2.45, 2.75) is 193 Å². The summed E-state index contributed by atoms with van der Waals surface area (Å²) in [4.78, 5) is 45.7. The molecule has 0 rings (SSSR count). The smallest absolute Gasteiger partial charge is 0.472 e. The molecule has 0 aliphatic carbocycles. The van der Waals surface area contributed by atoms with Gasteiger partial charge in [-0.3, -0.25) is 23.4 Å². The Labute approximate surface area is 303 Å². The fourth-order valence-electron chi connectivity index (χ4n) is 5.35. The first-order valence-corrected chi connectivity index (χ1v) is 21.2. The van der Waals surface area contributed by atoms with Gasteiger partial charge in [-0.15, -0.1) is 0 Å². The molecule has 50 heavy (non-hydrogen) atoms. The number of esters is 2. The number of ether oxygens (including phenoxy) is 2. The zero-order chi connectivity index (χ0) is 37.1. The van der Waals surface area contributed by atoms with Crippen LogP contribution in [0.2, 0.25) is 0 Å². The van der Waals surface area contributed by atoms with Crippen LogP contribution in [-0.2, 0) is 37.5 Å². The summed E-state index contributed by atoms with van der Waals surface area (Å²) in [6, 6.07) is -1.52. The Morgan fingerprint density at radius 1 is 0.600 bits per heavy atom. The SMILES string of the molecule is CCCCC/C=C\CCCCCCCC(=O)OC(COC(=O)CCCCCCCCCCCCCCCC)COP(=O)(O)OCC(N)C(=O)O. The number of allylic oxidation sites excluding steroid dienone is 2. The summed E-state index contributed by atoms with van der Waals surface area (Å²) in [6.07, 6.45) is 31.4. The van der Waals surface area contributed by atoms with E-state index in [1.54, 1.807) is 0 Å². The van der Waals surface area contributed by atoms with Gasteiger partial charge in [-0.25, -0.2) is 4.57 Å². The molecule has 0 radical (unpaired) electrons. The molecular weight excluding hydrogens is 661 g/mol. The van der Waals surface area contributed by atoms with Gasteiger partial charge < -0.3 is 25.2 Å². The highest BCUT2D eigenvalue weighted by molar-refractivity contribution is 7.47. The average Bonchev–Trinajstić information content (AvgIpc) is 3.09. The molecule has 0 aromatic rings. The Morgan fingerprint density at radius 3 is 1.50 bits per heavy atom. The predicted molar refractivity (Wildman–Crippen MR) is 199 cm³/mol. The molecule has 11 nitrogen and oxygen atoms in total. The highest BCUT2D eigenvalue weighted by Gasteiger charge is 2.28. The van der Waals surface area contributed by atoms with Gasteiger partial charge in [0.05, 0.1) is 13.2 Å². The zero-order valence-corrected chi connectivity index (χ0v) is 32.4. The summed E-state index contributed by atoms with van der Waals surface area (Å²) in [7, 11) is -4.71. The van der Waals surface area contributed by atoms with Gasteiger partial charge in [-0.05, 0) is 38.5 Å². The minimum atomic E-state index is -4.71. The third-order valence-corrected chi connectivity index (χ3v) is 9.46. The lowest BCUT2D eigenvalue weighted by molar-refractivity contribution is -0.161. The van der Waals surface area contributed by atoms with Crippen LogP contribution < -0.4 is 5.73 Å². The van der Waals surface area contributed by atoms with Crippen LogP contribution in [0.3, 0.4) is 0 Å². The standard InChI is InChI=1S/C38H72NO10P/c1-3-5-7-9-11-13-15-17-18-20-21-23-25-27-29-36(40)46-31-34(32-47-50(44,45)48-33-35(39)38(42)43)49-37(41)30-28-26-24-22-19-16-14-12-10-8-6-4-2/h12,14,34-35H,3-11,13,15-33,39H2,1-2H3,(H,42,43)(H,44,45)/b14-12-. The molecule has 0 aromatic carbocycles. The van der Waals surface area contributed by atoms with Gasteiger partial charge in [0.15, 0.2) is 6.10 Å². The molecular formula is C38H72NO10P. The predicted octanol–water partition coefficient (Wildman–Crippen LogP) is 9.73. The Balaban J connectivity index is 4.41. The van der Waals surface area contributed by atoms with E-state index in [1.807, 2.05) is 0 Å². The molecule has 0 heterocycles. The Kier molecular flexibility index (Phi) is 33.1. The summed E-state index contributed by atoms with van der Waals surface area (Å²) in [5.41, 5.74) is 5.31. The number of hydrogen-bond acceptors (Lipinski definition) is 9. The van der Waals surface area contributed by atoms with Crippen LogP contribution in [0, 0.1) is 0 Å².